The van der Waals surface area contributed by atoms with E-state index in [9.17, 15) is 229 Å². The van der Waals surface area contributed by atoms with Gasteiger partial charge in [-0.3, -0.25) is 28.5 Å². The number of rotatable bonds is 25. The maximum atomic E-state index is 13.5. The molecule has 0 spiro atoms. The van der Waals surface area contributed by atoms with Gasteiger partial charge >= 0.3 is 127 Å². The molecule has 540 valence electrons. The number of hydrogen-bond donors (Lipinski definition) is 0. The van der Waals surface area contributed by atoms with Crippen LogP contribution < -0.4 is 0 Å². The fraction of sp³-hybridized carbons (Fsp3) is 0.767. The molecular weight excluding hydrogens is 1470 g/mol. The smallest absolute Gasteiger partial charge is 0.402 e. The molecule has 90 heavy (non-hydrogen) atoms. The van der Waals surface area contributed by atoms with Gasteiger partial charge in [-0.25, -0.2) is 17.6 Å². The van der Waals surface area contributed by atoms with Gasteiger partial charge in [-0.1, -0.05) is 0 Å². The Kier molecular flexibility index (Phi) is 27.9. The van der Waals surface area contributed by atoms with Crippen molar-refractivity contribution in [2.75, 3.05) is 0 Å². The van der Waals surface area contributed by atoms with E-state index in [1.807, 2.05) is 11.3 Å². The summed E-state index contributed by atoms with van der Waals surface area (Å²) < 4.78 is 641. The third kappa shape index (κ3) is 21.0. The van der Waals surface area contributed by atoms with Crippen LogP contribution in [0.25, 0.3) is 0 Å². The van der Waals surface area contributed by atoms with Gasteiger partial charge in [-0.05, 0) is 19.7 Å². The first-order valence-electron chi connectivity index (χ1n) is 18.2. The molecule has 0 saturated carbocycles. The molecule has 0 amide bonds. The lowest BCUT2D eigenvalue weighted by molar-refractivity contribution is -0.531. The van der Waals surface area contributed by atoms with Crippen LogP contribution in [-0.4, -0.2) is 146 Å². The van der Waals surface area contributed by atoms with Crippen LogP contribution in [0.1, 0.15) is 0 Å². The van der Waals surface area contributed by atoms with Crippen molar-refractivity contribution in [1.29, 1.82) is 0 Å². The highest BCUT2D eigenvalue weighted by Gasteiger charge is 2.86. The van der Waals surface area contributed by atoms with E-state index in [1.54, 1.807) is 22.6 Å². The second-order valence-corrected chi connectivity index (χ2v) is 13.9. The molecule has 0 aliphatic carbocycles. The fourth-order valence-electron chi connectivity index (χ4n) is 3.19. The van der Waals surface area contributed by atoms with Crippen molar-refractivity contribution in [2.45, 2.75) is 140 Å². The summed E-state index contributed by atoms with van der Waals surface area (Å²) in [6.07, 6.45) is -112. The summed E-state index contributed by atoms with van der Waals surface area (Å²) in [7, 11) is 0. The molecule has 0 aromatic carbocycles. The van der Waals surface area contributed by atoms with Gasteiger partial charge in [0.2, 0.25) is 0 Å². The second kappa shape index (κ2) is 27.6. The fourth-order valence-corrected chi connectivity index (χ4v) is 3.19. The van der Waals surface area contributed by atoms with Crippen LogP contribution in [0.2, 0.25) is 0 Å². The Balaban J connectivity index is -0.000000562. The minimum atomic E-state index is -7.54. The molecule has 0 aromatic heterocycles. The van der Waals surface area contributed by atoms with Gasteiger partial charge in [0, 0.05) is 0 Å². The van der Waals surface area contributed by atoms with Gasteiger partial charge < -0.3 is 14.2 Å². The number of carbonyl (C=O) groups is 1. The number of hydrogen-bond acceptors (Lipinski definition) is 9. The molecule has 5 atom stereocenters. The molecule has 0 aliphatic rings. The van der Waals surface area contributed by atoms with Crippen LogP contribution in [-0.2, 0) is 42.7 Å². The Morgan fingerprint density at radius 1 is 0.289 bits per heavy atom. The molecule has 0 radical (unpaired) electrons. The van der Waals surface area contributed by atoms with Crippen LogP contribution in [0, 0.1) is 0 Å². The van der Waals surface area contributed by atoms with E-state index in [0.717, 1.165) is 0 Å². The van der Waals surface area contributed by atoms with Crippen molar-refractivity contribution in [1.82, 2.24) is 0 Å². The molecule has 0 saturated heterocycles. The highest BCUT2D eigenvalue weighted by molar-refractivity contribution is 5.74. The summed E-state index contributed by atoms with van der Waals surface area (Å²) in [4.78, 5) is 9.57. The molecule has 0 bridgehead atoms. The highest BCUT2D eigenvalue weighted by atomic mass is 19.5. The monoisotopic (exact) mass is 1480 g/mol. The number of alkyl halides is 47. The van der Waals surface area contributed by atoms with E-state index in [1.165, 1.54) is 4.74 Å². The third-order valence-corrected chi connectivity index (χ3v) is 7.12. The van der Waals surface area contributed by atoms with E-state index >= 15 is 0 Å². The van der Waals surface area contributed by atoms with E-state index in [4.69, 9.17) is 0 Å². The molecule has 60 heteroatoms. The maximum Gasteiger partial charge on any atom is 0.471 e. The maximum absolute atomic E-state index is 13.5. The van der Waals surface area contributed by atoms with Gasteiger partial charge in [0.05, 0.1) is 0 Å². The summed E-state index contributed by atoms with van der Waals surface area (Å²) in [6.45, 7) is 5.36. The van der Waals surface area contributed by atoms with Crippen LogP contribution in [0.15, 0.2) is 37.8 Å². The van der Waals surface area contributed by atoms with Crippen LogP contribution in [0.3, 0.4) is 0 Å². The van der Waals surface area contributed by atoms with Crippen molar-refractivity contribution in [3.05, 3.63) is 37.8 Å². The van der Waals surface area contributed by atoms with Crippen molar-refractivity contribution in [3.63, 3.8) is 0 Å². The lowest BCUT2D eigenvalue weighted by atomic mass is 10.2. The van der Waals surface area contributed by atoms with Gasteiger partial charge in [0.15, 0.2) is 0 Å². The molecule has 0 heterocycles. The predicted octanol–water partition coefficient (Wildman–Crippen LogP) is 17.8. The number of halogens is 51. The summed E-state index contributed by atoms with van der Waals surface area (Å²) >= 11 is 0. The highest BCUT2D eigenvalue weighted by Crippen LogP contribution is 2.57. The zero-order valence-corrected chi connectivity index (χ0v) is 38.8. The van der Waals surface area contributed by atoms with E-state index in [2.05, 4.69) is 18.9 Å². The third-order valence-electron chi connectivity index (χ3n) is 7.12. The zero-order chi connectivity index (χ0) is 74.7. The molecule has 0 N–H and O–H groups in total. The molecule has 0 aliphatic heterocycles. The van der Waals surface area contributed by atoms with Gasteiger partial charge in [-0.2, -0.15) is 206 Å². The average Bonchev–Trinajstić information content (AvgIpc) is 3.22. The standard InChI is InChI=1S/C10H3F17O3.C8H2F14O2.C7H2F10O3.C5H2F10O/c1-2(11)28-10(26,27)6(17,8(21,22)23)30-4(13,14)3(12)29-9(24,25)5(15,16)7(18,19)20;1-2(9)23-8(21,22)4(12,6(16,17)18)24-7(19,20)3(10,11)5(13,14)15;1-2(8)19-7(16,17)5(12,6(13,14)15)20-4(10,11)3(9)18;6-1(7)2(8)16-5(14,15)3(9,10)4(11,12)13/h3H,1H2;1H2;1H2;1-2H. The van der Waals surface area contributed by atoms with Crippen molar-refractivity contribution >= 4 is 6.04 Å². The molecule has 0 rings (SSSR count). The van der Waals surface area contributed by atoms with Gasteiger partial charge in [0.1, 0.15) is 0 Å². The summed E-state index contributed by atoms with van der Waals surface area (Å²) in [5, 5.41) is 0. The SMILES string of the molecule is C=C(F)OC(F)(F)C(F)(OC(F)(F)C(=O)F)C(F)(F)F.C=C(F)OC(F)(F)C(F)(OC(F)(F)C(F)(F)C(F)(F)F)C(F)(F)F.C=C(F)OC(F)(F)C(F)(OC(F)(F)C(F)OC(F)(F)C(F)(F)C(F)(F)F)C(F)(F)F.FC(F)C(F)OC(F)(F)C(F)(F)C(F)(F)F. The lowest BCUT2D eigenvalue weighted by Crippen LogP contribution is -2.65. The molecule has 0 fully saturated rings. The number of ether oxygens (including phenoxy) is 8. The largest absolute Gasteiger partial charge is 0.471 e. The Bertz CT molecular complexity index is 2360. The number of carbonyl (C=O) groups excluding carboxylic acids is 1. The Morgan fingerprint density at radius 3 is 0.722 bits per heavy atom. The lowest BCUT2D eigenvalue weighted by Gasteiger charge is -2.37. The topological polar surface area (TPSA) is 90.9 Å². The van der Waals surface area contributed by atoms with Crippen LogP contribution >= 0.6 is 0 Å². The van der Waals surface area contributed by atoms with Crippen molar-refractivity contribution in [2.24, 2.45) is 0 Å². The van der Waals surface area contributed by atoms with Gasteiger partial charge in [-0.15, -0.1) is 0 Å². The Morgan fingerprint density at radius 2 is 0.511 bits per heavy atom. The molecule has 0 aromatic rings. The van der Waals surface area contributed by atoms with Crippen LogP contribution in [0.5, 0.6) is 0 Å². The molecular formula is C30H9F51O9. The summed E-state index contributed by atoms with van der Waals surface area (Å²) in [5.41, 5.74) is 0. The quantitative estimate of drug-likeness (QED) is 0.0503. The molecule has 5 unspecified atom stereocenters. The predicted molar refractivity (Wildman–Crippen MR) is 164 cm³/mol. The first-order chi connectivity index (χ1) is 38.3. The van der Waals surface area contributed by atoms with Crippen molar-refractivity contribution < 1.29 is 267 Å². The van der Waals surface area contributed by atoms with E-state index < -0.39 is 164 Å². The Labute approximate surface area is 452 Å². The average molecular weight is 1480 g/mol. The normalized spacial score (nSPS) is 17.3. The van der Waals surface area contributed by atoms with Crippen molar-refractivity contribution in [3.8, 4) is 0 Å². The first kappa shape index (κ1) is 90.9. The zero-order valence-electron chi connectivity index (χ0n) is 38.8. The van der Waals surface area contributed by atoms with Gasteiger partial charge in [0.25, 0.3) is 37.2 Å². The summed E-state index contributed by atoms with van der Waals surface area (Å²) in [6, 6.07) is -12.6. The van der Waals surface area contributed by atoms with E-state index in [-0.39, 0.29) is 0 Å². The minimum Gasteiger partial charge on any atom is -0.402 e. The van der Waals surface area contributed by atoms with E-state index in [0.29, 0.717) is 0 Å². The molecule has 9 nitrogen and oxygen atoms in total. The summed E-state index contributed by atoms with van der Waals surface area (Å²) in [5.74, 6) is -43.1. The van der Waals surface area contributed by atoms with Crippen LogP contribution in [0.4, 0.5) is 224 Å². The second-order valence-electron chi connectivity index (χ2n) is 13.9. The first-order valence-corrected chi connectivity index (χ1v) is 18.2. The Hall–Kier alpha value is -5.48. The minimum absolute atomic E-state index is 1.47.